The molecular formula is C15H18F3O6P. The molecule has 0 aromatic heterocycles. The Morgan fingerprint density at radius 2 is 1.80 bits per heavy atom. The Balaban J connectivity index is 2.73. The summed E-state index contributed by atoms with van der Waals surface area (Å²) >= 11 is 0. The molecule has 0 fully saturated rings. The minimum Gasteiger partial charge on any atom is -0.481 e. The monoisotopic (exact) mass is 382 g/mol. The molecule has 0 aliphatic heterocycles. The quantitative estimate of drug-likeness (QED) is 0.564. The fourth-order valence-corrected chi connectivity index (χ4v) is 3.90. The Morgan fingerprint density at radius 1 is 1.16 bits per heavy atom. The van der Waals surface area contributed by atoms with Gasteiger partial charge >= 0.3 is 18.1 Å². The lowest BCUT2D eigenvalue weighted by Crippen LogP contribution is -2.17. The molecule has 0 aliphatic carbocycles. The summed E-state index contributed by atoms with van der Waals surface area (Å²) in [4.78, 5) is 31.5. The summed E-state index contributed by atoms with van der Waals surface area (Å²) in [7, 11) is -3.91. The second kappa shape index (κ2) is 8.49. The minimum atomic E-state index is -4.57. The van der Waals surface area contributed by atoms with Crippen LogP contribution in [0, 0.1) is 5.92 Å². The van der Waals surface area contributed by atoms with Gasteiger partial charge in [0.2, 0.25) is 7.37 Å². The van der Waals surface area contributed by atoms with Gasteiger partial charge in [0, 0.05) is 18.7 Å². The smallest absolute Gasteiger partial charge is 0.416 e. The second-order valence-electron chi connectivity index (χ2n) is 5.68. The van der Waals surface area contributed by atoms with E-state index in [1.54, 1.807) is 0 Å². The van der Waals surface area contributed by atoms with Crippen LogP contribution in [0.2, 0.25) is 0 Å². The normalized spacial score (nSPS) is 15.4. The van der Waals surface area contributed by atoms with E-state index in [0.717, 1.165) is 18.2 Å². The first kappa shape index (κ1) is 21.2. The van der Waals surface area contributed by atoms with Crippen LogP contribution in [0.25, 0.3) is 0 Å². The summed E-state index contributed by atoms with van der Waals surface area (Å²) < 4.78 is 50.1. The first-order chi connectivity index (χ1) is 11.4. The van der Waals surface area contributed by atoms with Crippen molar-refractivity contribution >= 4 is 19.3 Å². The standard InChI is InChI=1S/C15H18F3O6P/c16-15(17,18)12-3-1-2-10(8-12)9-25(23,24)7-6-11(14(21)22)4-5-13(19)20/h1-3,8,11H,4-7,9H2,(H,19,20)(H,21,22)(H,23,24). The molecule has 3 N–H and O–H groups in total. The number of hydrogen-bond acceptors (Lipinski definition) is 3. The molecule has 1 aromatic carbocycles. The third-order valence-electron chi connectivity index (χ3n) is 3.57. The van der Waals surface area contributed by atoms with Gasteiger partial charge in [0.1, 0.15) is 0 Å². The summed E-state index contributed by atoms with van der Waals surface area (Å²) in [6, 6.07) is 4.04. The van der Waals surface area contributed by atoms with Gasteiger partial charge in [-0.2, -0.15) is 13.2 Å². The van der Waals surface area contributed by atoms with Gasteiger partial charge in [0.15, 0.2) is 0 Å². The van der Waals surface area contributed by atoms with E-state index >= 15 is 0 Å². The highest BCUT2D eigenvalue weighted by Gasteiger charge is 2.31. The van der Waals surface area contributed by atoms with Crippen molar-refractivity contribution in [3.05, 3.63) is 35.4 Å². The molecule has 140 valence electrons. The number of rotatable bonds is 9. The van der Waals surface area contributed by atoms with Crippen LogP contribution in [0.15, 0.2) is 24.3 Å². The third-order valence-corrected chi connectivity index (χ3v) is 5.38. The van der Waals surface area contributed by atoms with Gasteiger partial charge in [-0.3, -0.25) is 14.2 Å². The molecule has 0 radical (unpaired) electrons. The Bertz CT molecular complexity index is 673. The lowest BCUT2D eigenvalue weighted by Gasteiger charge is -2.16. The number of alkyl halides is 3. The van der Waals surface area contributed by atoms with Gasteiger partial charge in [0.05, 0.1) is 11.5 Å². The average Bonchev–Trinajstić information content (AvgIpc) is 2.45. The van der Waals surface area contributed by atoms with Gasteiger partial charge in [-0.05, 0) is 24.5 Å². The molecule has 0 amide bonds. The maximum atomic E-state index is 12.6. The van der Waals surface area contributed by atoms with E-state index in [-0.39, 0.29) is 24.8 Å². The van der Waals surface area contributed by atoms with Crippen LogP contribution in [-0.2, 0) is 26.5 Å². The fourth-order valence-electron chi connectivity index (χ4n) is 2.26. The molecule has 2 unspecified atom stereocenters. The number of aliphatic carboxylic acids is 2. The average molecular weight is 382 g/mol. The number of carboxylic acids is 2. The Hall–Kier alpha value is -1.86. The number of halogens is 3. The third kappa shape index (κ3) is 7.70. The molecule has 1 aromatic rings. The molecule has 0 spiro atoms. The summed E-state index contributed by atoms with van der Waals surface area (Å²) in [5.74, 6) is -3.55. The zero-order valence-electron chi connectivity index (χ0n) is 13.1. The predicted molar refractivity (Wildman–Crippen MR) is 82.5 cm³/mol. The molecule has 0 saturated heterocycles. The van der Waals surface area contributed by atoms with Crippen molar-refractivity contribution in [2.45, 2.75) is 31.6 Å². The maximum absolute atomic E-state index is 12.6. The molecular weight excluding hydrogens is 364 g/mol. The summed E-state index contributed by atoms with van der Waals surface area (Å²) in [6.07, 6.45) is -6.30. The van der Waals surface area contributed by atoms with E-state index < -0.39 is 49.3 Å². The van der Waals surface area contributed by atoms with Crippen LogP contribution < -0.4 is 0 Å². The molecule has 0 heterocycles. The number of benzene rings is 1. The van der Waals surface area contributed by atoms with Crippen LogP contribution in [0.5, 0.6) is 0 Å². The second-order valence-corrected chi connectivity index (χ2v) is 8.14. The van der Waals surface area contributed by atoms with Crippen LogP contribution in [0.1, 0.15) is 30.4 Å². The molecule has 25 heavy (non-hydrogen) atoms. The molecule has 0 aliphatic rings. The maximum Gasteiger partial charge on any atom is 0.416 e. The molecule has 0 bridgehead atoms. The summed E-state index contributed by atoms with van der Waals surface area (Å²) in [5, 5.41) is 17.6. The Kier molecular flexibility index (Phi) is 7.19. The van der Waals surface area contributed by atoms with E-state index in [1.807, 2.05) is 0 Å². The Morgan fingerprint density at radius 3 is 2.32 bits per heavy atom. The predicted octanol–water partition coefficient (Wildman–Crippen LogP) is 3.43. The molecule has 10 heteroatoms. The van der Waals surface area contributed by atoms with Crippen molar-refractivity contribution in [1.29, 1.82) is 0 Å². The van der Waals surface area contributed by atoms with Crippen LogP contribution >= 0.6 is 7.37 Å². The first-order valence-electron chi connectivity index (χ1n) is 7.32. The zero-order valence-corrected chi connectivity index (χ0v) is 14.0. The largest absolute Gasteiger partial charge is 0.481 e. The highest BCUT2D eigenvalue weighted by Crippen LogP contribution is 2.46. The number of carboxylic acid groups (broad SMARTS) is 2. The van der Waals surface area contributed by atoms with E-state index in [9.17, 15) is 32.2 Å². The van der Waals surface area contributed by atoms with Gasteiger partial charge in [-0.15, -0.1) is 0 Å². The SMILES string of the molecule is O=C(O)CCC(CCP(=O)(O)Cc1cccc(C(F)(F)F)c1)C(=O)O. The van der Waals surface area contributed by atoms with Gasteiger partial charge in [0.25, 0.3) is 0 Å². The lowest BCUT2D eigenvalue weighted by atomic mass is 10.0. The number of carbonyl (C=O) groups is 2. The molecule has 6 nitrogen and oxygen atoms in total. The topological polar surface area (TPSA) is 112 Å². The number of hydrogen-bond donors (Lipinski definition) is 3. The van der Waals surface area contributed by atoms with E-state index in [0.29, 0.717) is 0 Å². The van der Waals surface area contributed by atoms with Crippen molar-refractivity contribution < 1.29 is 42.4 Å². The van der Waals surface area contributed by atoms with Crippen LogP contribution in [-0.4, -0.2) is 33.2 Å². The van der Waals surface area contributed by atoms with Crippen LogP contribution in [0.4, 0.5) is 13.2 Å². The molecule has 1 rings (SSSR count). The highest BCUT2D eigenvalue weighted by molar-refractivity contribution is 7.57. The van der Waals surface area contributed by atoms with E-state index in [2.05, 4.69) is 0 Å². The van der Waals surface area contributed by atoms with Crippen molar-refractivity contribution in [3.8, 4) is 0 Å². The summed E-state index contributed by atoms with van der Waals surface area (Å²) in [6.45, 7) is 0. The fraction of sp³-hybridized carbons (Fsp3) is 0.467. The van der Waals surface area contributed by atoms with Crippen LogP contribution in [0.3, 0.4) is 0 Å². The lowest BCUT2D eigenvalue weighted by molar-refractivity contribution is -0.143. The van der Waals surface area contributed by atoms with Gasteiger partial charge < -0.3 is 15.1 Å². The minimum absolute atomic E-state index is 0.0260. The highest BCUT2D eigenvalue weighted by atomic mass is 31.2. The van der Waals surface area contributed by atoms with E-state index in [1.165, 1.54) is 6.07 Å². The van der Waals surface area contributed by atoms with Crippen molar-refractivity contribution in [1.82, 2.24) is 0 Å². The van der Waals surface area contributed by atoms with Crippen molar-refractivity contribution in [3.63, 3.8) is 0 Å². The summed E-state index contributed by atoms with van der Waals surface area (Å²) in [5.41, 5.74) is -0.909. The van der Waals surface area contributed by atoms with Gasteiger partial charge in [-0.25, -0.2) is 0 Å². The zero-order chi connectivity index (χ0) is 19.3. The molecule has 2 atom stereocenters. The molecule has 0 saturated carbocycles. The first-order valence-corrected chi connectivity index (χ1v) is 9.35. The van der Waals surface area contributed by atoms with E-state index in [4.69, 9.17) is 10.2 Å². The van der Waals surface area contributed by atoms with Crippen molar-refractivity contribution in [2.24, 2.45) is 5.92 Å². The Labute approximate surface area is 141 Å². The van der Waals surface area contributed by atoms with Crippen molar-refractivity contribution in [2.75, 3.05) is 6.16 Å². The van der Waals surface area contributed by atoms with Gasteiger partial charge in [-0.1, -0.05) is 18.2 Å².